The molecule has 2 fully saturated rings. The van der Waals surface area contributed by atoms with Crippen LogP contribution in [-0.4, -0.2) is 62.9 Å². The fraction of sp³-hybridized carbons (Fsp3) is 0.579. The van der Waals surface area contributed by atoms with E-state index in [9.17, 15) is 9.18 Å². The van der Waals surface area contributed by atoms with E-state index in [4.69, 9.17) is 0 Å². The lowest BCUT2D eigenvalue weighted by atomic mass is 10.2. The summed E-state index contributed by atoms with van der Waals surface area (Å²) in [6, 6.07) is 6.94. The van der Waals surface area contributed by atoms with Gasteiger partial charge in [0.25, 0.3) is 0 Å². The average molecular weight is 405 g/mol. The minimum atomic E-state index is -0.228. The molecule has 0 radical (unpaired) electrons. The lowest BCUT2D eigenvalue weighted by molar-refractivity contribution is -0.128. The summed E-state index contributed by atoms with van der Waals surface area (Å²) in [6.07, 6.45) is 4.75. The standard InChI is InChI=1S/C19H25FN6OS/c20-15-5-7-16(8-6-15)24-9-11-25(12-10-24)19(27)14-28-13-18-21-22-23-26(18)17-3-1-2-4-17/h5-8,17H,1-4,9-14H2. The number of hydrogen-bond donors (Lipinski definition) is 0. The predicted octanol–water partition coefficient (Wildman–Crippen LogP) is 2.51. The number of tetrazole rings is 1. The number of hydrogen-bond acceptors (Lipinski definition) is 6. The van der Waals surface area contributed by atoms with Crippen LogP contribution in [0.15, 0.2) is 24.3 Å². The zero-order valence-electron chi connectivity index (χ0n) is 15.8. The Morgan fingerprint density at radius 1 is 1.11 bits per heavy atom. The van der Waals surface area contributed by atoms with Crippen LogP contribution in [-0.2, 0) is 10.5 Å². The highest BCUT2D eigenvalue weighted by Gasteiger charge is 2.23. The van der Waals surface area contributed by atoms with Crippen LogP contribution in [0.5, 0.6) is 0 Å². The lowest BCUT2D eigenvalue weighted by Crippen LogP contribution is -2.49. The molecule has 1 saturated heterocycles. The van der Waals surface area contributed by atoms with Gasteiger partial charge in [-0.25, -0.2) is 9.07 Å². The molecule has 1 aromatic heterocycles. The molecule has 1 amide bonds. The highest BCUT2D eigenvalue weighted by molar-refractivity contribution is 7.99. The van der Waals surface area contributed by atoms with Crippen molar-refractivity contribution in [3.63, 3.8) is 0 Å². The second-order valence-electron chi connectivity index (χ2n) is 7.32. The summed E-state index contributed by atoms with van der Waals surface area (Å²) in [5, 5.41) is 12.1. The van der Waals surface area contributed by atoms with Gasteiger partial charge in [-0.1, -0.05) is 12.8 Å². The Kier molecular flexibility index (Phi) is 6.09. The van der Waals surface area contributed by atoms with Gasteiger partial charge >= 0.3 is 0 Å². The molecular formula is C19H25FN6OS. The number of aromatic nitrogens is 4. The Balaban J connectivity index is 1.22. The van der Waals surface area contributed by atoms with Crippen LogP contribution in [0.1, 0.15) is 37.5 Å². The number of piperazine rings is 1. The molecule has 7 nitrogen and oxygen atoms in total. The topological polar surface area (TPSA) is 67.2 Å². The van der Waals surface area contributed by atoms with Crippen molar-refractivity contribution in [3.8, 4) is 0 Å². The summed E-state index contributed by atoms with van der Waals surface area (Å²) >= 11 is 1.57. The number of thioether (sulfide) groups is 1. The third-order valence-corrected chi connectivity index (χ3v) is 6.43. The highest BCUT2D eigenvalue weighted by Crippen LogP contribution is 2.29. The van der Waals surface area contributed by atoms with Gasteiger partial charge in [-0.05, 0) is 47.5 Å². The van der Waals surface area contributed by atoms with Crippen LogP contribution in [0.4, 0.5) is 10.1 Å². The van der Waals surface area contributed by atoms with Gasteiger partial charge in [-0.2, -0.15) is 0 Å². The molecule has 1 aromatic carbocycles. The monoisotopic (exact) mass is 404 g/mol. The lowest BCUT2D eigenvalue weighted by Gasteiger charge is -2.36. The number of amides is 1. The molecule has 0 N–H and O–H groups in total. The zero-order chi connectivity index (χ0) is 19.3. The van der Waals surface area contributed by atoms with Crippen molar-refractivity contribution in [3.05, 3.63) is 35.9 Å². The van der Waals surface area contributed by atoms with Gasteiger partial charge in [0.2, 0.25) is 5.91 Å². The van der Waals surface area contributed by atoms with Crippen LogP contribution in [0.25, 0.3) is 0 Å². The van der Waals surface area contributed by atoms with Gasteiger partial charge in [0, 0.05) is 31.9 Å². The SMILES string of the molecule is O=C(CSCc1nnnn1C1CCCC1)N1CCN(c2ccc(F)cc2)CC1. The Hall–Kier alpha value is -2.16. The first-order chi connectivity index (χ1) is 13.7. The molecule has 28 heavy (non-hydrogen) atoms. The molecule has 0 spiro atoms. The van der Waals surface area contributed by atoms with E-state index in [-0.39, 0.29) is 11.7 Å². The van der Waals surface area contributed by atoms with E-state index in [1.54, 1.807) is 23.9 Å². The van der Waals surface area contributed by atoms with Crippen LogP contribution >= 0.6 is 11.8 Å². The maximum atomic E-state index is 13.1. The van der Waals surface area contributed by atoms with Crippen molar-refractivity contribution < 1.29 is 9.18 Å². The second kappa shape index (κ2) is 8.89. The number of carbonyl (C=O) groups excluding carboxylic acids is 1. The third kappa shape index (κ3) is 4.45. The predicted molar refractivity (Wildman–Crippen MR) is 107 cm³/mol. The zero-order valence-corrected chi connectivity index (χ0v) is 16.7. The molecular weight excluding hydrogens is 379 g/mol. The second-order valence-corrected chi connectivity index (χ2v) is 8.30. The Bertz CT molecular complexity index is 784. The van der Waals surface area contributed by atoms with E-state index in [0.29, 0.717) is 30.6 Å². The molecule has 150 valence electrons. The van der Waals surface area contributed by atoms with Gasteiger partial charge in [-0.15, -0.1) is 16.9 Å². The normalized spacial score (nSPS) is 18.0. The van der Waals surface area contributed by atoms with Gasteiger partial charge in [-0.3, -0.25) is 4.79 Å². The summed E-state index contributed by atoms with van der Waals surface area (Å²) in [4.78, 5) is 16.6. The number of nitrogens with zero attached hydrogens (tertiary/aromatic N) is 6. The van der Waals surface area contributed by atoms with Crippen LogP contribution < -0.4 is 4.90 Å². The summed E-state index contributed by atoms with van der Waals surface area (Å²) in [7, 11) is 0. The molecule has 1 aliphatic heterocycles. The molecule has 2 heterocycles. The van der Waals surface area contributed by atoms with Gasteiger partial charge in [0.15, 0.2) is 5.82 Å². The van der Waals surface area contributed by atoms with E-state index in [1.807, 2.05) is 9.58 Å². The first-order valence-electron chi connectivity index (χ1n) is 9.83. The van der Waals surface area contributed by atoms with Crippen LogP contribution in [0.2, 0.25) is 0 Å². The molecule has 0 atom stereocenters. The van der Waals surface area contributed by atoms with E-state index in [1.165, 1.54) is 25.0 Å². The van der Waals surface area contributed by atoms with Crippen molar-refractivity contribution in [1.82, 2.24) is 25.1 Å². The Morgan fingerprint density at radius 3 is 2.54 bits per heavy atom. The number of anilines is 1. The first-order valence-corrected chi connectivity index (χ1v) is 11.0. The van der Waals surface area contributed by atoms with Crippen molar-refractivity contribution in [2.45, 2.75) is 37.5 Å². The van der Waals surface area contributed by atoms with E-state index in [2.05, 4.69) is 20.4 Å². The molecule has 2 aromatic rings. The van der Waals surface area contributed by atoms with E-state index < -0.39 is 0 Å². The summed E-state index contributed by atoms with van der Waals surface area (Å²) in [5.74, 6) is 1.89. The minimum Gasteiger partial charge on any atom is -0.368 e. The maximum absolute atomic E-state index is 13.1. The fourth-order valence-electron chi connectivity index (χ4n) is 3.93. The Morgan fingerprint density at radius 2 is 1.82 bits per heavy atom. The molecule has 2 aliphatic rings. The molecule has 1 saturated carbocycles. The van der Waals surface area contributed by atoms with Gasteiger partial charge in [0.05, 0.1) is 17.5 Å². The van der Waals surface area contributed by atoms with Crippen LogP contribution in [0.3, 0.4) is 0 Å². The smallest absolute Gasteiger partial charge is 0.232 e. The number of rotatable bonds is 6. The van der Waals surface area contributed by atoms with Gasteiger partial charge < -0.3 is 9.80 Å². The Labute approximate surface area is 168 Å². The summed E-state index contributed by atoms with van der Waals surface area (Å²) < 4.78 is 15.0. The maximum Gasteiger partial charge on any atom is 0.232 e. The highest BCUT2D eigenvalue weighted by atomic mass is 32.2. The van der Waals surface area contributed by atoms with Gasteiger partial charge in [0.1, 0.15) is 5.82 Å². The molecule has 4 rings (SSSR count). The van der Waals surface area contributed by atoms with Crippen molar-refractivity contribution in [2.24, 2.45) is 0 Å². The molecule has 0 bridgehead atoms. The summed E-state index contributed by atoms with van der Waals surface area (Å²) in [5.41, 5.74) is 1.00. The van der Waals surface area contributed by atoms with Crippen molar-refractivity contribution >= 4 is 23.4 Å². The van der Waals surface area contributed by atoms with E-state index in [0.717, 1.165) is 37.4 Å². The molecule has 1 aliphatic carbocycles. The van der Waals surface area contributed by atoms with Crippen molar-refractivity contribution in [2.75, 3.05) is 36.8 Å². The number of benzene rings is 1. The molecule has 9 heteroatoms. The van der Waals surface area contributed by atoms with Crippen LogP contribution in [0, 0.1) is 5.82 Å². The fourth-order valence-corrected chi connectivity index (χ4v) is 4.76. The quantitative estimate of drug-likeness (QED) is 0.737. The minimum absolute atomic E-state index is 0.156. The van der Waals surface area contributed by atoms with Crippen molar-refractivity contribution in [1.29, 1.82) is 0 Å². The van der Waals surface area contributed by atoms with E-state index >= 15 is 0 Å². The largest absolute Gasteiger partial charge is 0.368 e. The first kappa shape index (κ1) is 19.2. The number of carbonyl (C=O) groups is 1. The average Bonchev–Trinajstić information content (AvgIpc) is 3.40. The summed E-state index contributed by atoms with van der Waals surface area (Å²) in [6.45, 7) is 2.91. The molecule has 0 unspecified atom stereocenters. The third-order valence-electron chi connectivity index (χ3n) is 5.51. The number of halogens is 1.